The smallest absolute Gasteiger partial charge is 0.242 e. The van der Waals surface area contributed by atoms with Gasteiger partial charge >= 0.3 is 0 Å². The summed E-state index contributed by atoms with van der Waals surface area (Å²) < 4.78 is 27.6. The average Bonchev–Trinajstić information content (AvgIpc) is 2.37. The number of halogens is 1. The summed E-state index contributed by atoms with van der Waals surface area (Å²) in [7, 11) is -3.39. The molecule has 1 aromatic rings. The lowest BCUT2D eigenvalue weighted by molar-refractivity contribution is 0.583. The van der Waals surface area contributed by atoms with Crippen molar-refractivity contribution in [2.45, 2.75) is 18.7 Å². The number of hydrogen-bond donors (Lipinski definition) is 1. The molecule has 1 N–H and O–H groups in total. The third kappa shape index (κ3) is 2.87. The van der Waals surface area contributed by atoms with Crippen molar-refractivity contribution >= 4 is 31.6 Å². The highest BCUT2D eigenvalue weighted by atomic mass is 79.9. The molecule has 100 valence electrons. The van der Waals surface area contributed by atoms with Gasteiger partial charge in [0.1, 0.15) is 4.90 Å². The fourth-order valence-electron chi connectivity index (χ4n) is 2.11. The molecule has 1 aliphatic rings. The standard InChI is InChI=1S/C12H17BrN2O2S/c1-9(2)8-15-6-5-14-18(16,17)12-7-10(13)3-4-11(12)15/h3-4,7,9,14H,5-6,8H2,1-2H3. The quantitative estimate of drug-likeness (QED) is 0.903. The minimum absolute atomic E-state index is 0.357. The Hall–Kier alpha value is -0.590. The van der Waals surface area contributed by atoms with Crippen molar-refractivity contribution in [1.82, 2.24) is 4.72 Å². The molecule has 1 aliphatic heterocycles. The molecule has 0 unspecified atom stereocenters. The van der Waals surface area contributed by atoms with Crippen LogP contribution in [0.1, 0.15) is 13.8 Å². The first kappa shape index (κ1) is 13.8. The number of anilines is 1. The summed E-state index contributed by atoms with van der Waals surface area (Å²) in [5.41, 5.74) is 0.789. The normalized spacial score (nSPS) is 18.6. The van der Waals surface area contributed by atoms with Gasteiger partial charge in [-0.1, -0.05) is 29.8 Å². The summed E-state index contributed by atoms with van der Waals surface area (Å²) in [6.07, 6.45) is 0. The van der Waals surface area contributed by atoms with E-state index in [2.05, 4.69) is 39.4 Å². The molecule has 0 fully saturated rings. The summed E-state index contributed by atoms with van der Waals surface area (Å²) in [4.78, 5) is 2.49. The van der Waals surface area contributed by atoms with Gasteiger partial charge in [0.2, 0.25) is 10.0 Å². The van der Waals surface area contributed by atoms with Crippen molar-refractivity contribution in [3.63, 3.8) is 0 Å². The highest BCUT2D eigenvalue weighted by Crippen LogP contribution is 2.30. The van der Waals surface area contributed by atoms with Gasteiger partial charge in [-0.05, 0) is 24.1 Å². The van der Waals surface area contributed by atoms with E-state index in [1.165, 1.54) is 0 Å². The van der Waals surface area contributed by atoms with Gasteiger partial charge in [-0.15, -0.1) is 0 Å². The second-order valence-corrected chi connectivity index (χ2v) is 7.50. The fraction of sp³-hybridized carbons (Fsp3) is 0.500. The van der Waals surface area contributed by atoms with Crippen LogP contribution in [0.3, 0.4) is 0 Å². The first-order valence-corrected chi connectivity index (χ1v) is 8.22. The van der Waals surface area contributed by atoms with Crippen molar-refractivity contribution in [2.24, 2.45) is 5.92 Å². The third-order valence-electron chi connectivity index (χ3n) is 2.81. The van der Waals surface area contributed by atoms with Gasteiger partial charge in [-0.3, -0.25) is 0 Å². The van der Waals surface area contributed by atoms with Crippen molar-refractivity contribution in [1.29, 1.82) is 0 Å². The van der Waals surface area contributed by atoms with Crippen LogP contribution in [0.25, 0.3) is 0 Å². The topological polar surface area (TPSA) is 49.4 Å². The van der Waals surface area contributed by atoms with Gasteiger partial charge in [0.05, 0.1) is 5.69 Å². The van der Waals surface area contributed by atoms with E-state index < -0.39 is 10.0 Å². The van der Waals surface area contributed by atoms with Gasteiger partial charge in [0.25, 0.3) is 0 Å². The van der Waals surface area contributed by atoms with Gasteiger partial charge < -0.3 is 4.90 Å². The Morgan fingerprint density at radius 3 is 2.83 bits per heavy atom. The maximum atomic E-state index is 12.1. The van der Waals surface area contributed by atoms with Gasteiger partial charge in [-0.25, -0.2) is 13.1 Å². The molecule has 1 aromatic carbocycles. The molecule has 18 heavy (non-hydrogen) atoms. The lowest BCUT2D eigenvalue weighted by Gasteiger charge is -2.25. The number of rotatable bonds is 2. The van der Waals surface area contributed by atoms with Crippen LogP contribution in [-0.4, -0.2) is 28.1 Å². The van der Waals surface area contributed by atoms with Gasteiger partial charge in [0, 0.05) is 24.1 Å². The molecule has 1 heterocycles. The van der Waals surface area contributed by atoms with Crippen LogP contribution < -0.4 is 9.62 Å². The monoisotopic (exact) mass is 332 g/mol. The molecule has 0 amide bonds. The average molecular weight is 333 g/mol. The van der Waals surface area contributed by atoms with Crippen LogP contribution in [0.4, 0.5) is 5.69 Å². The second-order valence-electron chi connectivity index (χ2n) is 4.85. The highest BCUT2D eigenvalue weighted by molar-refractivity contribution is 9.10. The summed E-state index contributed by atoms with van der Waals surface area (Å²) in [5.74, 6) is 0.488. The van der Waals surface area contributed by atoms with Crippen LogP contribution in [0.2, 0.25) is 0 Å². The number of hydrogen-bond acceptors (Lipinski definition) is 3. The van der Waals surface area contributed by atoms with E-state index >= 15 is 0 Å². The number of sulfonamides is 1. The summed E-state index contributed by atoms with van der Waals surface area (Å²) in [6.45, 7) is 6.26. The number of fused-ring (bicyclic) bond motifs is 1. The van der Waals surface area contributed by atoms with Crippen LogP contribution in [0.5, 0.6) is 0 Å². The molecule has 0 saturated heterocycles. The molecule has 0 bridgehead atoms. The zero-order valence-corrected chi connectivity index (χ0v) is 12.9. The zero-order chi connectivity index (χ0) is 13.3. The number of benzene rings is 1. The van der Waals surface area contributed by atoms with Crippen LogP contribution in [-0.2, 0) is 10.0 Å². The largest absolute Gasteiger partial charge is 0.369 e. The molecule has 2 rings (SSSR count). The molecule has 0 aliphatic carbocycles. The van der Waals surface area contributed by atoms with E-state index in [4.69, 9.17) is 0 Å². The Bertz CT molecular complexity index is 543. The van der Waals surface area contributed by atoms with E-state index in [1.807, 2.05) is 12.1 Å². The molecular weight excluding hydrogens is 316 g/mol. The predicted octanol–water partition coefficient (Wildman–Crippen LogP) is 2.20. The SMILES string of the molecule is CC(C)CN1CCNS(=O)(=O)c2cc(Br)ccc21. The van der Waals surface area contributed by atoms with E-state index in [1.54, 1.807) is 6.07 Å². The summed E-state index contributed by atoms with van der Waals surface area (Å²) in [6, 6.07) is 5.41. The van der Waals surface area contributed by atoms with E-state index in [0.717, 1.165) is 16.7 Å². The van der Waals surface area contributed by atoms with Crippen LogP contribution >= 0.6 is 15.9 Å². The van der Waals surface area contributed by atoms with Crippen molar-refractivity contribution < 1.29 is 8.42 Å². The Kier molecular flexibility index (Phi) is 3.99. The minimum atomic E-state index is -3.39. The maximum absolute atomic E-state index is 12.1. The first-order valence-electron chi connectivity index (χ1n) is 5.94. The molecule has 0 spiro atoms. The molecule has 0 saturated carbocycles. The second kappa shape index (κ2) is 5.19. The first-order chi connectivity index (χ1) is 8.40. The molecule has 0 radical (unpaired) electrons. The number of nitrogens with zero attached hydrogens (tertiary/aromatic N) is 1. The molecule has 4 nitrogen and oxygen atoms in total. The van der Waals surface area contributed by atoms with E-state index in [-0.39, 0.29) is 0 Å². The predicted molar refractivity (Wildman–Crippen MR) is 76.4 cm³/mol. The Morgan fingerprint density at radius 1 is 1.44 bits per heavy atom. The Labute approximate surface area is 117 Å². The zero-order valence-electron chi connectivity index (χ0n) is 10.5. The summed E-state index contributed by atoms with van der Waals surface area (Å²) >= 11 is 3.33. The highest BCUT2D eigenvalue weighted by Gasteiger charge is 2.25. The van der Waals surface area contributed by atoms with Crippen molar-refractivity contribution in [2.75, 3.05) is 24.5 Å². The molecular formula is C12H17BrN2O2S. The van der Waals surface area contributed by atoms with Gasteiger partial charge in [-0.2, -0.15) is 0 Å². The fourth-order valence-corrected chi connectivity index (χ4v) is 3.89. The molecule has 6 heteroatoms. The van der Waals surface area contributed by atoms with E-state index in [9.17, 15) is 8.42 Å². The maximum Gasteiger partial charge on any atom is 0.242 e. The lowest BCUT2D eigenvalue weighted by atomic mass is 10.2. The number of nitrogens with one attached hydrogen (secondary N) is 1. The van der Waals surface area contributed by atoms with Crippen LogP contribution in [0, 0.1) is 5.92 Å². The Morgan fingerprint density at radius 2 is 2.17 bits per heavy atom. The third-order valence-corrected chi connectivity index (χ3v) is 4.79. The van der Waals surface area contributed by atoms with Crippen molar-refractivity contribution in [3.05, 3.63) is 22.7 Å². The lowest BCUT2D eigenvalue weighted by Crippen LogP contribution is -2.32. The molecule has 0 atom stereocenters. The minimum Gasteiger partial charge on any atom is -0.369 e. The van der Waals surface area contributed by atoms with E-state index in [0.29, 0.717) is 23.9 Å². The molecule has 0 aromatic heterocycles. The van der Waals surface area contributed by atoms with Crippen LogP contribution in [0.15, 0.2) is 27.6 Å². The van der Waals surface area contributed by atoms with Gasteiger partial charge in [0.15, 0.2) is 0 Å². The van der Waals surface area contributed by atoms with Crippen molar-refractivity contribution in [3.8, 4) is 0 Å². The summed E-state index contributed by atoms with van der Waals surface area (Å²) in [5, 5.41) is 0. The Balaban J connectivity index is 2.52.